The molecule has 0 saturated carbocycles. The van der Waals surface area contributed by atoms with Crippen LogP contribution in [0.5, 0.6) is 11.5 Å². The summed E-state index contributed by atoms with van der Waals surface area (Å²) in [6.07, 6.45) is -1.09. The lowest BCUT2D eigenvalue weighted by Gasteiger charge is -2.15. The summed E-state index contributed by atoms with van der Waals surface area (Å²) in [5.41, 5.74) is 0.700. The second-order valence-electron chi connectivity index (χ2n) is 4.21. The van der Waals surface area contributed by atoms with E-state index in [4.69, 9.17) is 9.47 Å². The van der Waals surface area contributed by atoms with Gasteiger partial charge < -0.3 is 14.6 Å². The number of aliphatic hydroxyl groups excluding tert-OH is 1. The molecule has 1 N–H and O–H groups in total. The quantitative estimate of drug-likeness (QED) is 0.922. The largest absolute Gasteiger partial charge is 0.497 e. The van der Waals surface area contributed by atoms with E-state index in [1.807, 2.05) is 0 Å². The molecule has 5 heteroatoms. The lowest BCUT2D eigenvalue weighted by atomic mass is 10.0. The molecule has 3 nitrogen and oxygen atoms in total. The Balaban J connectivity index is 2.44. The van der Waals surface area contributed by atoms with E-state index in [9.17, 15) is 9.50 Å². The Morgan fingerprint density at radius 2 is 1.65 bits per heavy atom. The molecule has 0 aliphatic heterocycles. The van der Waals surface area contributed by atoms with Crippen molar-refractivity contribution in [3.05, 3.63) is 57.8 Å². The number of halogens is 2. The molecule has 106 valence electrons. The standard InChI is InChI=1S/C15H14BrFO3/c1-19-11-5-9(6-12(8-11)20-2)15(18)13-4-3-10(16)7-14(13)17/h3-8,15,18H,1-2H3. The van der Waals surface area contributed by atoms with Gasteiger partial charge in [-0.25, -0.2) is 4.39 Å². The van der Waals surface area contributed by atoms with E-state index in [2.05, 4.69) is 15.9 Å². The zero-order valence-corrected chi connectivity index (χ0v) is 12.6. The number of methoxy groups -OCH3 is 2. The predicted octanol–water partition coefficient (Wildman–Crippen LogP) is 3.69. The number of benzene rings is 2. The number of ether oxygens (including phenoxy) is 2. The monoisotopic (exact) mass is 340 g/mol. The highest BCUT2D eigenvalue weighted by Crippen LogP contribution is 2.31. The van der Waals surface area contributed by atoms with Crippen molar-refractivity contribution in [2.75, 3.05) is 14.2 Å². The van der Waals surface area contributed by atoms with Crippen molar-refractivity contribution in [3.8, 4) is 11.5 Å². The second-order valence-corrected chi connectivity index (χ2v) is 5.13. The normalized spacial score (nSPS) is 12.1. The SMILES string of the molecule is COc1cc(OC)cc(C(O)c2ccc(Br)cc2F)c1. The van der Waals surface area contributed by atoms with Crippen LogP contribution in [0.1, 0.15) is 17.2 Å². The zero-order valence-electron chi connectivity index (χ0n) is 11.1. The first kappa shape index (κ1) is 14.8. The molecule has 2 aromatic carbocycles. The van der Waals surface area contributed by atoms with Crippen LogP contribution in [-0.4, -0.2) is 19.3 Å². The minimum absolute atomic E-state index is 0.198. The highest BCUT2D eigenvalue weighted by molar-refractivity contribution is 9.10. The Morgan fingerprint density at radius 1 is 1.05 bits per heavy atom. The minimum Gasteiger partial charge on any atom is -0.497 e. The summed E-state index contributed by atoms with van der Waals surface area (Å²) in [4.78, 5) is 0. The fourth-order valence-electron chi connectivity index (χ4n) is 1.89. The number of rotatable bonds is 4. The van der Waals surface area contributed by atoms with Gasteiger partial charge in [-0.3, -0.25) is 0 Å². The number of aliphatic hydroxyl groups is 1. The van der Waals surface area contributed by atoms with E-state index in [0.29, 0.717) is 21.5 Å². The van der Waals surface area contributed by atoms with Crippen LogP contribution < -0.4 is 9.47 Å². The van der Waals surface area contributed by atoms with Gasteiger partial charge in [-0.2, -0.15) is 0 Å². The highest BCUT2D eigenvalue weighted by Gasteiger charge is 2.17. The van der Waals surface area contributed by atoms with E-state index >= 15 is 0 Å². The smallest absolute Gasteiger partial charge is 0.130 e. The molecule has 20 heavy (non-hydrogen) atoms. The van der Waals surface area contributed by atoms with Crippen LogP contribution in [0.25, 0.3) is 0 Å². The van der Waals surface area contributed by atoms with Gasteiger partial charge in [-0.1, -0.05) is 22.0 Å². The van der Waals surface area contributed by atoms with E-state index in [1.165, 1.54) is 26.4 Å². The van der Waals surface area contributed by atoms with E-state index < -0.39 is 11.9 Å². The summed E-state index contributed by atoms with van der Waals surface area (Å²) >= 11 is 3.19. The minimum atomic E-state index is -1.09. The second kappa shape index (κ2) is 6.24. The first-order valence-electron chi connectivity index (χ1n) is 5.91. The molecule has 0 saturated heterocycles. The van der Waals surface area contributed by atoms with E-state index in [-0.39, 0.29) is 5.56 Å². The maximum atomic E-state index is 13.9. The van der Waals surface area contributed by atoms with Crippen LogP contribution in [0, 0.1) is 5.82 Å². The first-order chi connectivity index (χ1) is 9.55. The Morgan fingerprint density at radius 3 is 2.15 bits per heavy atom. The molecule has 0 spiro atoms. The summed E-state index contributed by atoms with van der Waals surface area (Å²) in [7, 11) is 3.04. The molecule has 1 atom stereocenters. The summed E-state index contributed by atoms with van der Waals surface area (Å²) in [6.45, 7) is 0. The molecule has 0 radical (unpaired) electrons. The molecule has 0 aliphatic rings. The van der Waals surface area contributed by atoms with Gasteiger partial charge in [-0.05, 0) is 29.8 Å². The molecule has 0 bridgehead atoms. The summed E-state index contributed by atoms with van der Waals surface area (Å²) in [6, 6.07) is 9.52. The molecular formula is C15H14BrFO3. The Hall–Kier alpha value is -1.59. The summed E-state index contributed by atoms with van der Waals surface area (Å²) in [5.74, 6) is 0.598. The van der Waals surface area contributed by atoms with Crippen LogP contribution >= 0.6 is 15.9 Å². The van der Waals surface area contributed by atoms with Crippen molar-refractivity contribution in [1.82, 2.24) is 0 Å². The first-order valence-corrected chi connectivity index (χ1v) is 6.70. The van der Waals surface area contributed by atoms with Crippen molar-refractivity contribution in [2.24, 2.45) is 0 Å². The van der Waals surface area contributed by atoms with Crippen LogP contribution in [0.15, 0.2) is 40.9 Å². The Bertz CT molecular complexity index is 594. The Kier molecular flexibility index (Phi) is 4.62. The predicted molar refractivity (Wildman–Crippen MR) is 77.7 cm³/mol. The van der Waals surface area contributed by atoms with Crippen LogP contribution in [0.2, 0.25) is 0 Å². The van der Waals surface area contributed by atoms with Gasteiger partial charge in [0.2, 0.25) is 0 Å². The molecule has 0 fully saturated rings. The topological polar surface area (TPSA) is 38.7 Å². The van der Waals surface area contributed by atoms with Gasteiger partial charge in [-0.15, -0.1) is 0 Å². The maximum Gasteiger partial charge on any atom is 0.130 e. The van der Waals surface area contributed by atoms with Gasteiger partial charge in [0.25, 0.3) is 0 Å². The maximum absolute atomic E-state index is 13.9. The third-order valence-corrected chi connectivity index (χ3v) is 3.44. The average molecular weight is 341 g/mol. The number of hydrogen-bond acceptors (Lipinski definition) is 3. The van der Waals surface area contributed by atoms with Crippen molar-refractivity contribution in [2.45, 2.75) is 6.10 Å². The van der Waals surface area contributed by atoms with E-state index in [1.54, 1.807) is 24.3 Å². The highest BCUT2D eigenvalue weighted by atomic mass is 79.9. The molecule has 0 aliphatic carbocycles. The van der Waals surface area contributed by atoms with Crippen LogP contribution in [0.4, 0.5) is 4.39 Å². The van der Waals surface area contributed by atoms with Gasteiger partial charge in [0.15, 0.2) is 0 Å². The van der Waals surface area contributed by atoms with Crippen LogP contribution in [-0.2, 0) is 0 Å². The van der Waals surface area contributed by atoms with Crippen molar-refractivity contribution in [3.63, 3.8) is 0 Å². The fraction of sp³-hybridized carbons (Fsp3) is 0.200. The number of hydrogen-bond donors (Lipinski definition) is 1. The molecule has 2 aromatic rings. The van der Waals surface area contributed by atoms with Gasteiger partial charge in [0.1, 0.15) is 23.4 Å². The lowest BCUT2D eigenvalue weighted by Crippen LogP contribution is -2.03. The lowest BCUT2D eigenvalue weighted by molar-refractivity contribution is 0.214. The molecular weight excluding hydrogens is 327 g/mol. The summed E-state index contributed by atoms with van der Waals surface area (Å²) in [5, 5.41) is 10.3. The van der Waals surface area contributed by atoms with Crippen molar-refractivity contribution >= 4 is 15.9 Å². The third kappa shape index (κ3) is 3.11. The fourth-order valence-corrected chi connectivity index (χ4v) is 2.22. The van der Waals surface area contributed by atoms with E-state index in [0.717, 1.165) is 0 Å². The third-order valence-electron chi connectivity index (χ3n) is 2.95. The van der Waals surface area contributed by atoms with Gasteiger partial charge in [0, 0.05) is 16.1 Å². The van der Waals surface area contributed by atoms with Gasteiger partial charge >= 0.3 is 0 Å². The zero-order chi connectivity index (χ0) is 14.7. The van der Waals surface area contributed by atoms with Crippen LogP contribution in [0.3, 0.4) is 0 Å². The molecule has 2 rings (SSSR count). The summed E-state index contributed by atoms with van der Waals surface area (Å²) < 4.78 is 24.8. The van der Waals surface area contributed by atoms with Crippen molar-refractivity contribution in [1.29, 1.82) is 0 Å². The van der Waals surface area contributed by atoms with Gasteiger partial charge in [0.05, 0.1) is 14.2 Å². The van der Waals surface area contributed by atoms with Crippen molar-refractivity contribution < 1.29 is 19.0 Å². The molecule has 1 unspecified atom stereocenters. The molecule has 0 amide bonds. The molecule has 0 heterocycles. The Labute approximate surface area is 125 Å². The molecule has 0 aromatic heterocycles. The average Bonchev–Trinajstić information content (AvgIpc) is 2.46.